The van der Waals surface area contributed by atoms with Crippen molar-refractivity contribution in [2.45, 2.75) is 76.7 Å². The van der Waals surface area contributed by atoms with Crippen molar-refractivity contribution in [3.63, 3.8) is 0 Å². The number of rotatable bonds is 10. The quantitative estimate of drug-likeness (QED) is 0.290. The van der Waals surface area contributed by atoms with E-state index in [4.69, 9.17) is 9.94 Å². The lowest BCUT2D eigenvalue weighted by Gasteiger charge is -2.31. The van der Waals surface area contributed by atoms with E-state index in [0.29, 0.717) is 37.7 Å². The van der Waals surface area contributed by atoms with Gasteiger partial charge in [0, 0.05) is 57.5 Å². The van der Waals surface area contributed by atoms with Crippen LogP contribution in [0.4, 0.5) is 25.2 Å². The molecular formula is C28H38F2N6O3. The Kier molecular flexibility index (Phi) is 10.4. The number of carbonyl (C=O) groups excluding carboxylic acids is 1. The number of hydrogen-bond acceptors (Lipinski definition) is 7. The summed E-state index contributed by atoms with van der Waals surface area (Å²) in [5.74, 6) is -0.593. The molecule has 212 valence electrons. The van der Waals surface area contributed by atoms with Gasteiger partial charge in [-0.2, -0.15) is 0 Å². The summed E-state index contributed by atoms with van der Waals surface area (Å²) < 4.78 is 29.4. The molecule has 1 aromatic heterocycles. The molecule has 2 aromatic rings. The normalized spacial score (nSPS) is 18.1. The largest absolute Gasteiger partial charge is 0.396 e. The highest BCUT2D eigenvalue weighted by Crippen LogP contribution is 2.35. The van der Waals surface area contributed by atoms with E-state index in [0.717, 1.165) is 62.1 Å². The summed E-state index contributed by atoms with van der Waals surface area (Å²) in [6, 6.07) is 1.56. The van der Waals surface area contributed by atoms with Crippen molar-refractivity contribution in [2.24, 2.45) is 5.16 Å². The molecule has 11 heteroatoms. The van der Waals surface area contributed by atoms with Gasteiger partial charge in [0.15, 0.2) is 0 Å². The minimum atomic E-state index is -0.680. The molecule has 9 nitrogen and oxygen atoms in total. The van der Waals surface area contributed by atoms with E-state index >= 15 is 0 Å². The fourth-order valence-corrected chi connectivity index (χ4v) is 5.01. The van der Waals surface area contributed by atoms with Crippen LogP contribution in [0, 0.1) is 11.6 Å². The van der Waals surface area contributed by atoms with E-state index in [1.165, 1.54) is 6.07 Å². The smallest absolute Gasteiger partial charge is 0.319 e. The molecule has 1 aliphatic heterocycles. The van der Waals surface area contributed by atoms with Crippen LogP contribution >= 0.6 is 0 Å². The molecule has 1 saturated heterocycles. The summed E-state index contributed by atoms with van der Waals surface area (Å²) in [4.78, 5) is 28.9. The Hall–Kier alpha value is -3.34. The molecule has 0 spiro atoms. The number of nitrogens with zero attached hydrogens (tertiary/aromatic N) is 4. The Morgan fingerprint density at radius 3 is 2.51 bits per heavy atom. The van der Waals surface area contributed by atoms with Crippen molar-refractivity contribution < 1.29 is 23.5 Å². The van der Waals surface area contributed by atoms with Crippen LogP contribution < -0.4 is 15.5 Å². The van der Waals surface area contributed by atoms with E-state index in [1.54, 1.807) is 0 Å². The van der Waals surface area contributed by atoms with Crippen LogP contribution in [0.15, 0.2) is 29.7 Å². The molecule has 1 aliphatic carbocycles. The van der Waals surface area contributed by atoms with Crippen molar-refractivity contribution in [1.29, 1.82) is 0 Å². The average molecular weight is 545 g/mol. The van der Waals surface area contributed by atoms with Crippen LogP contribution in [0.3, 0.4) is 0 Å². The van der Waals surface area contributed by atoms with E-state index in [9.17, 15) is 13.6 Å². The van der Waals surface area contributed by atoms with Gasteiger partial charge in [0.05, 0.1) is 11.4 Å². The summed E-state index contributed by atoms with van der Waals surface area (Å²) >= 11 is 0. The Morgan fingerprint density at radius 2 is 1.85 bits per heavy atom. The maximum absolute atomic E-state index is 14.8. The molecule has 0 unspecified atom stereocenters. The number of aryl methyl sites for hydroxylation is 1. The third kappa shape index (κ3) is 8.08. The number of carbonyl (C=O) groups is 1. The number of aromatic nitrogens is 2. The second kappa shape index (κ2) is 14.2. The highest BCUT2D eigenvalue weighted by Gasteiger charge is 2.26. The van der Waals surface area contributed by atoms with Crippen LogP contribution in [0.5, 0.6) is 0 Å². The van der Waals surface area contributed by atoms with Crippen LogP contribution in [0.1, 0.15) is 75.3 Å². The van der Waals surface area contributed by atoms with Crippen molar-refractivity contribution >= 4 is 23.4 Å². The minimum Gasteiger partial charge on any atom is -0.396 e. The van der Waals surface area contributed by atoms with E-state index in [-0.39, 0.29) is 30.9 Å². The standard InChI is InChI=1S/C28H38F2N6O3/c1-2-4-19-17-32-27(33-18-19)36-12-9-22(10-13-36)39-35-21-7-5-20(6-8-21)23-15-25(30)26(16-24(23)29)34-28(38)31-11-3-14-37/h15-18,20,22,37H,2-14H2,1H3,(H2,31,34,38). The van der Waals surface area contributed by atoms with Gasteiger partial charge in [0.2, 0.25) is 5.95 Å². The second-order valence-corrected chi connectivity index (χ2v) is 10.2. The van der Waals surface area contributed by atoms with E-state index in [1.807, 2.05) is 12.4 Å². The highest BCUT2D eigenvalue weighted by atomic mass is 19.1. The first-order valence-corrected chi connectivity index (χ1v) is 13.9. The van der Waals surface area contributed by atoms with Gasteiger partial charge in [-0.1, -0.05) is 18.5 Å². The zero-order valence-corrected chi connectivity index (χ0v) is 22.5. The molecule has 0 atom stereocenters. The van der Waals surface area contributed by atoms with Gasteiger partial charge in [0.1, 0.15) is 17.7 Å². The Labute approximate surface area is 228 Å². The van der Waals surface area contributed by atoms with Gasteiger partial charge in [-0.05, 0) is 61.6 Å². The number of nitrogens with one attached hydrogen (secondary N) is 2. The number of aliphatic hydroxyl groups is 1. The van der Waals surface area contributed by atoms with Crippen LogP contribution in [0.2, 0.25) is 0 Å². The van der Waals surface area contributed by atoms with Crippen LogP contribution in [-0.2, 0) is 11.3 Å². The van der Waals surface area contributed by atoms with Gasteiger partial charge in [-0.25, -0.2) is 23.5 Å². The number of amides is 2. The third-order valence-electron chi connectivity index (χ3n) is 7.24. The van der Waals surface area contributed by atoms with Crippen LogP contribution in [-0.4, -0.2) is 59.2 Å². The maximum Gasteiger partial charge on any atom is 0.319 e. The molecule has 4 rings (SSSR count). The molecule has 3 N–H and O–H groups in total. The van der Waals surface area contributed by atoms with Gasteiger partial charge >= 0.3 is 6.03 Å². The molecule has 2 heterocycles. The Morgan fingerprint density at radius 1 is 1.13 bits per heavy atom. The minimum absolute atomic E-state index is 0.0401. The second-order valence-electron chi connectivity index (χ2n) is 10.2. The fraction of sp³-hybridized carbons (Fsp3) is 0.571. The lowest BCUT2D eigenvalue weighted by atomic mass is 9.83. The first kappa shape index (κ1) is 28.7. The number of oxime groups is 1. The summed E-state index contributed by atoms with van der Waals surface area (Å²) in [6.07, 6.45) is 10.6. The van der Waals surface area contributed by atoms with E-state index in [2.05, 4.69) is 37.6 Å². The van der Waals surface area contributed by atoms with Gasteiger partial charge in [0.25, 0.3) is 0 Å². The van der Waals surface area contributed by atoms with Gasteiger partial charge in [-0.3, -0.25) is 0 Å². The molecule has 0 bridgehead atoms. The van der Waals surface area contributed by atoms with Crippen molar-refractivity contribution in [1.82, 2.24) is 15.3 Å². The molecule has 1 aromatic carbocycles. The summed E-state index contributed by atoms with van der Waals surface area (Å²) in [7, 11) is 0. The summed E-state index contributed by atoms with van der Waals surface area (Å²) in [5, 5.41) is 18.0. The van der Waals surface area contributed by atoms with Gasteiger partial charge < -0.3 is 25.5 Å². The van der Waals surface area contributed by atoms with Crippen molar-refractivity contribution in [3.8, 4) is 0 Å². The van der Waals surface area contributed by atoms with Crippen LogP contribution in [0.25, 0.3) is 0 Å². The molecule has 2 fully saturated rings. The summed E-state index contributed by atoms with van der Waals surface area (Å²) in [6.45, 7) is 3.93. The molecule has 2 amide bonds. The number of aliphatic hydroxyl groups excluding tert-OH is 1. The van der Waals surface area contributed by atoms with Gasteiger partial charge in [-0.15, -0.1) is 0 Å². The summed E-state index contributed by atoms with van der Waals surface area (Å²) in [5.41, 5.74) is 2.20. The zero-order chi connectivity index (χ0) is 27.6. The van der Waals surface area contributed by atoms with Crippen molar-refractivity contribution in [2.75, 3.05) is 36.5 Å². The van der Waals surface area contributed by atoms with Crippen molar-refractivity contribution in [3.05, 3.63) is 47.3 Å². The first-order chi connectivity index (χ1) is 19.0. The molecule has 39 heavy (non-hydrogen) atoms. The average Bonchev–Trinajstić information content (AvgIpc) is 2.95. The first-order valence-electron chi connectivity index (χ1n) is 13.9. The lowest BCUT2D eigenvalue weighted by molar-refractivity contribution is 0.0406. The number of hydrogen-bond donors (Lipinski definition) is 3. The number of piperidine rings is 1. The molecule has 1 saturated carbocycles. The zero-order valence-electron chi connectivity index (χ0n) is 22.5. The third-order valence-corrected chi connectivity index (χ3v) is 7.24. The SMILES string of the molecule is CCCc1cnc(N2CCC(ON=C3CCC(c4cc(F)c(NC(=O)NCCCO)cc4F)CC3)CC2)nc1. The predicted octanol–water partition coefficient (Wildman–Crippen LogP) is 4.91. The Balaban J connectivity index is 1.22. The molecule has 2 aliphatic rings. The Bertz CT molecular complexity index is 1110. The highest BCUT2D eigenvalue weighted by molar-refractivity contribution is 5.89. The maximum atomic E-state index is 14.8. The number of urea groups is 1. The number of benzene rings is 1. The van der Waals surface area contributed by atoms with E-state index < -0.39 is 17.7 Å². The number of halogens is 2. The molecular weight excluding hydrogens is 506 g/mol. The monoisotopic (exact) mass is 544 g/mol. The molecule has 0 radical (unpaired) electrons. The predicted molar refractivity (Wildman–Crippen MR) is 146 cm³/mol. The topological polar surface area (TPSA) is 112 Å². The fourth-order valence-electron chi connectivity index (χ4n) is 5.01. The lowest BCUT2D eigenvalue weighted by Crippen LogP contribution is -2.37. The number of anilines is 2.